The number of halogens is 2. The molecule has 0 saturated heterocycles. The molecule has 21 heavy (non-hydrogen) atoms. The fourth-order valence-corrected chi connectivity index (χ4v) is 3.28. The summed E-state index contributed by atoms with van der Waals surface area (Å²) >= 11 is 12.0. The van der Waals surface area contributed by atoms with Crippen molar-refractivity contribution in [2.75, 3.05) is 0 Å². The molecule has 1 aliphatic heterocycles. The number of carbonyl (C=O) groups excluding carboxylic acids is 1. The Morgan fingerprint density at radius 2 is 1.95 bits per heavy atom. The van der Waals surface area contributed by atoms with Crippen LogP contribution in [-0.2, 0) is 4.79 Å². The van der Waals surface area contributed by atoms with Crippen LogP contribution in [0.1, 0.15) is 37.7 Å². The van der Waals surface area contributed by atoms with Gasteiger partial charge in [-0.25, -0.2) is 4.99 Å². The molecule has 1 aliphatic carbocycles. The van der Waals surface area contributed by atoms with E-state index in [0.29, 0.717) is 21.7 Å². The number of hydrogen-bond acceptors (Lipinski definition) is 2. The van der Waals surface area contributed by atoms with Gasteiger partial charge in [-0.2, -0.15) is 0 Å². The number of hydrogen-bond donors (Lipinski definition) is 1. The summed E-state index contributed by atoms with van der Waals surface area (Å²) in [4.78, 5) is 16.5. The largest absolute Gasteiger partial charge is 0.308 e. The highest BCUT2D eigenvalue weighted by Gasteiger charge is 2.27. The van der Waals surface area contributed by atoms with Crippen LogP contribution in [-0.4, -0.2) is 11.7 Å². The first-order chi connectivity index (χ1) is 10.1. The predicted octanol–water partition coefficient (Wildman–Crippen LogP) is 4.44. The van der Waals surface area contributed by atoms with Crippen molar-refractivity contribution in [3.8, 4) is 0 Å². The summed E-state index contributed by atoms with van der Waals surface area (Å²) in [6.07, 6.45) is 7.62. The van der Waals surface area contributed by atoms with Crippen LogP contribution in [0.15, 0.2) is 28.9 Å². The standard InChI is InChI=1S/C16H16Cl2N2O/c17-12-7-6-11(13(18)9-12)8-14-16(21)20-15(19-14)10-4-2-1-3-5-10/h6-10H,1-5H2,(H,19,20,21)/b14-8-. The van der Waals surface area contributed by atoms with Gasteiger partial charge in [-0.15, -0.1) is 0 Å². The molecule has 0 radical (unpaired) electrons. The van der Waals surface area contributed by atoms with Crippen molar-refractivity contribution in [2.24, 2.45) is 10.9 Å². The van der Waals surface area contributed by atoms with Gasteiger partial charge in [0.05, 0.1) is 0 Å². The van der Waals surface area contributed by atoms with Gasteiger partial charge in [0, 0.05) is 16.0 Å². The van der Waals surface area contributed by atoms with Crippen LogP contribution in [0, 0.1) is 5.92 Å². The zero-order valence-corrected chi connectivity index (χ0v) is 13.0. The van der Waals surface area contributed by atoms with Gasteiger partial charge >= 0.3 is 0 Å². The Balaban J connectivity index is 1.85. The van der Waals surface area contributed by atoms with Gasteiger partial charge in [0.15, 0.2) is 0 Å². The molecule has 1 heterocycles. The van der Waals surface area contributed by atoms with Crippen LogP contribution in [0.3, 0.4) is 0 Å². The highest BCUT2D eigenvalue weighted by molar-refractivity contribution is 6.35. The smallest absolute Gasteiger partial charge is 0.275 e. The van der Waals surface area contributed by atoms with E-state index in [9.17, 15) is 4.79 Å². The number of nitrogens with zero attached hydrogens (tertiary/aromatic N) is 1. The van der Waals surface area contributed by atoms with Crippen molar-refractivity contribution < 1.29 is 4.79 Å². The molecule has 1 fully saturated rings. The van der Waals surface area contributed by atoms with Gasteiger partial charge in [-0.1, -0.05) is 48.5 Å². The van der Waals surface area contributed by atoms with Gasteiger partial charge in [-0.05, 0) is 36.6 Å². The lowest BCUT2D eigenvalue weighted by Gasteiger charge is -2.20. The maximum atomic E-state index is 12.0. The quantitative estimate of drug-likeness (QED) is 0.803. The molecule has 1 aromatic carbocycles. The van der Waals surface area contributed by atoms with E-state index in [4.69, 9.17) is 23.2 Å². The molecule has 1 aromatic rings. The SMILES string of the molecule is O=C1NC(C2CCCCC2)=N/C1=C\c1ccc(Cl)cc1Cl. The third kappa shape index (κ3) is 3.30. The maximum Gasteiger partial charge on any atom is 0.275 e. The lowest BCUT2D eigenvalue weighted by Crippen LogP contribution is -2.31. The lowest BCUT2D eigenvalue weighted by molar-refractivity contribution is -0.115. The fraction of sp³-hybridized carbons (Fsp3) is 0.375. The summed E-state index contributed by atoms with van der Waals surface area (Å²) < 4.78 is 0. The number of amides is 1. The minimum absolute atomic E-state index is 0.151. The molecule has 0 spiro atoms. The zero-order chi connectivity index (χ0) is 14.8. The van der Waals surface area contributed by atoms with E-state index in [-0.39, 0.29) is 5.91 Å². The number of amidine groups is 1. The summed E-state index contributed by atoms with van der Waals surface area (Å²) in [5.41, 5.74) is 1.17. The van der Waals surface area contributed by atoms with E-state index in [1.54, 1.807) is 24.3 Å². The molecular formula is C16H16Cl2N2O. The second-order valence-electron chi connectivity index (χ2n) is 5.48. The number of benzene rings is 1. The minimum atomic E-state index is -0.151. The third-order valence-electron chi connectivity index (χ3n) is 3.96. The van der Waals surface area contributed by atoms with Crippen LogP contribution in [0.2, 0.25) is 10.0 Å². The van der Waals surface area contributed by atoms with Crippen LogP contribution >= 0.6 is 23.2 Å². The van der Waals surface area contributed by atoms with E-state index in [1.165, 1.54) is 19.3 Å². The molecular weight excluding hydrogens is 307 g/mol. The molecule has 0 aromatic heterocycles. The van der Waals surface area contributed by atoms with Crippen LogP contribution in [0.25, 0.3) is 6.08 Å². The second kappa shape index (κ2) is 6.20. The van der Waals surface area contributed by atoms with Gasteiger partial charge in [0.2, 0.25) is 0 Å². The summed E-state index contributed by atoms with van der Waals surface area (Å²) in [7, 11) is 0. The second-order valence-corrected chi connectivity index (χ2v) is 6.33. The van der Waals surface area contributed by atoms with Crippen LogP contribution in [0.5, 0.6) is 0 Å². The average molecular weight is 323 g/mol. The Morgan fingerprint density at radius 1 is 1.19 bits per heavy atom. The molecule has 0 bridgehead atoms. The van der Waals surface area contributed by atoms with Crippen molar-refractivity contribution in [2.45, 2.75) is 32.1 Å². The molecule has 1 saturated carbocycles. The monoisotopic (exact) mass is 322 g/mol. The first kappa shape index (κ1) is 14.6. The summed E-state index contributed by atoms with van der Waals surface area (Å²) in [5.74, 6) is 1.05. The first-order valence-electron chi connectivity index (χ1n) is 7.20. The molecule has 5 heteroatoms. The van der Waals surface area contributed by atoms with E-state index in [2.05, 4.69) is 10.3 Å². The molecule has 3 nitrogen and oxygen atoms in total. The zero-order valence-electron chi connectivity index (χ0n) is 11.5. The van der Waals surface area contributed by atoms with Crippen molar-refractivity contribution in [1.82, 2.24) is 5.32 Å². The Kier molecular flexibility index (Phi) is 4.32. The topological polar surface area (TPSA) is 41.5 Å². The van der Waals surface area contributed by atoms with Gasteiger partial charge < -0.3 is 5.32 Å². The molecule has 110 valence electrons. The lowest BCUT2D eigenvalue weighted by atomic mass is 9.88. The van der Waals surface area contributed by atoms with Crippen molar-refractivity contribution >= 4 is 41.0 Å². The summed E-state index contributed by atoms with van der Waals surface area (Å²) in [6.45, 7) is 0. The predicted molar refractivity (Wildman–Crippen MR) is 86.6 cm³/mol. The number of aliphatic imine (C=N–C) groups is 1. The number of nitrogens with one attached hydrogen (secondary N) is 1. The maximum absolute atomic E-state index is 12.0. The Labute approximate surface area is 134 Å². The molecule has 0 unspecified atom stereocenters. The molecule has 1 N–H and O–H groups in total. The van der Waals surface area contributed by atoms with Crippen LogP contribution < -0.4 is 5.32 Å². The van der Waals surface area contributed by atoms with Gasteiger partial charge in [0.1, 0.15) is 11.5 Å². The molecule has 1 amide bonds. The minimum Gasteiger partial charge on any atom is -0.308 e. The van der Waals surface area contributed by atoms with E-state index in [1.807, 2.05) is 0 Å². The van der Waals surface area contributed by atoms with Gasteiger partial charge in [0.25, 0.3) is 5.91 Å². The Bertz CT molecular complexity index is 631. The number of rotatable bonds is 2. The average Bonchev–Trinajstić information content (AvgIpc) is 2.84. The van der Waals surface area contributed by atoms with Crippen molar-refractivity contribution in [3.63, 3.8) is 0 Å². The first-order valence-corrected chi connectivity index (χ1v) is 7.96. The fourth-order valence-electron chi connectivity index (χ4n) is 2.82. The Morgan fingerprint density at radius 3 is 2.67 bits per heavy atom. The van der Waals surface area contributed by atoms with E-state index < -0.39 is 0 Å². The highest BCUT2D eigenvalue weighted by Crippen LogP contribution is 2.28. The third-order valence-corrected chi connectivity index (χ3v) is 4.52. The molecule has 0 atom stereocenters. The van der Waals surface area contributed by atoms with Gasteiger partial charge in [-0.3, -0.25) is 4.79 Å². The van der Waals surface area contributed by atoms with Crippen LogP contribution in [0.4, 0.5) is 0 Å². The van der Waals surface area contributed by atoms with Crippen molar-refractivity contribution in [1.29, 1.82) is 0 Å². The number of carbonyl (C=O) groups is 1. The normalized spacial score (nSPS) is 21.5. The highest BCUT2D eigenvalue weighted by atomic mass is 35.5. The summed E-state index contributed by atoms with van der Waals surface area (Å²) in [6, 6.07) is 5.20. The van der Waals surface area contributed by atoms with E-state index in [0.717, 1.165) is 24.2 Å². The Hall–Kier alpha value is -1.32. The molecule has 2 aliphatic rings. The van der Waals surface area contributed by atoms with Crippen molar-refractivity contribution in [3.05, 3.63) is 39.5 Å². The summed E-state index contributed by atoms with van der Waals surface area (Å²) in [5, 5.41) is 3.99. The van der Waals surface area contributed by atoms with E-state index >= 15 is 0 Å². The molecule has 3 rings (SSSR count).